The highest BCUT2D eigenvalue weighted by molar-refractivity contribution is 5.96. The van der Waals surface area contributed by atoms with Crippen LogP contribution in [-0.2, 0) is 44.7 Å². The maximum absolute atomic E-state index is 14.2. The fraction of sp³-hybridized carbons (Fsp3) is 0.667. The van der Waals surface area contributed by atoms with Crippen molar-refractivity contribution < 1.29 is 43.4 Å². The Labute approximate surface area is 357 Å². The molecule has 336 valence electrons. The van der Waals surface area contributed by atoms with Gasteiger partial charge in [0.2, 0.25) is 29.5 Å². The van der Waals surface area contributed by atoms with Gasteiger partial charge in [-0.1, -0.05) is 97.2 Å². The molecule has 15 heteroatoms. The number of esters is 1. The van der Waals surface area contributed by atoms with Gasteiger partial charge in [0.05, 0.1) is 12.6 Å². The van der Waals surface area contributed by atoms with Crippen LogP contribution in [0.15, 0.2) is 35.9 Å². The zero-order chi connectivity index (χ0) is 45.6. The van der Waals surface area contributed by atoms with Crippen molar-refractivity contribution in [3.05, 3.63) is 47.0 Å². The molecular formula is C45H72N6O9. The van der Waals surface area contributed by atoms with E-state index in [1.165, 1.54) is 50.7 Å². The molecule has 0 fully saturated rings. The van der Waals surface area contributed by atoms with Crippen molar-refractivity contribution >= 4 is 41.4 Å². The third-order valence-corrected chi connectivity index (χ3v) is 11.7. The van der Waals surface area contributed by atoms with E-state index in [1.807, 2.05) is 65.8 Å². The topological polar surface area (TPSA) is 204 Å². The Morgan fingerprint density at radius 3 is 1.92 bits per heavy atom. The first-order valence-corrected chi connectivity index (χ1v) is 21.4. The quantitative estimate of drug-likeness (QED) is 0.244. The molecule has 10 atom stereocenters. The van der Waals surface area contributed by atoms with E-state index < -0.39 is 96.3 Å². The zero-order valence-corrected chi connectivity index (χ0v) is 38.1. The first-order valence-electron chi connectivity index (χ1n) is 21.4. The molecule has 0 spiro atoms. The van der Waals surface area contributed by atoms with Gasteiger partial charge in [0.25, 0.3) is 5.91 Å². The van der Waals surface area contributed by atoms with Gasteiger partial charge < -0.3 is 40.9 Å². The summed E-state index contributed by atoms with van der Waals surface area (Å²) < 4.78 is 5.69. The number of nitrogens with zero attached hydrogens (tertiary/aromatic N) is 2. The molecule has 0 bridgehead atoms. The van der Waals surface area contributed by atoms with E-state index >= 15 is 0 Å². The van der Waals surface area contributed by atoms with Crippen LogP contribution in [0, 0.1) is 30.6 Å². The normalized spacial score (nSPS) is 28.8. The molecule has 0 radical (unpaired) electrons. The van der Waals surface area contributed by atoms with Crippen molar-refractivity contribution in [3.63, 3.8) is 0 Å². The highest BCUT2D eigenvalue weighted by Gasteiger charge is 2.36. The number of aryl methyl sites for hydroxylation is 1. The number of carbonyl (C=O) groups is 7. The van der Waals surface area contributed by atoms with E-state index in [0.717, 1.165) is 11.1 Å². The molecule has 1 aliphatic heterocycles. The number of hydrogen-bond donors (Lipinski definition) is 5. The van der Waals surface area contributed by atoms with Crippen molar-refractivity contribution in [1.29, 1.82) is 0 Å². The number of hydrogen-bond acceptors (Lipinski definition) is 9. The number of aliphatic hydroxyl groups is 1. The molecule has 1 aromatic rings. The molecule has 0 aromatic heterocycles. The van der Waals surface area contributed by atoms with Gasteiger partial charge in [-0.2, -0.15) is 0 Å². The molecule has 0 saturated carbocycles. The van der Waals surface area contributed by atoms with E-state index in [-0.39, 0.29) is 42.6 Å². The number of ether oxygens (including phenoxy) is 1. The minimum absolute atomic E-state index is 0.0457. The van der Waals surface area contributed by atoms with Crippen LogP contribution in [0.4, 0.5) is 0 Å². The minimum atomic E-state index is -1.25. The molecule has 5 N–H and O–H groups in total. The first kappa shape index (κ1) is 51.4. The molecule has 60 heavy (non-hydrogen) atoms. The van der Waals surface area contributed by atoms with Crippen molar-refractivity contribution in [2.45, 2.75) is 151 Å². The number of cyclic esters (lactones) is 1. The van der Waals surface area contributed by atoms with Crippen LogP contribution in [0.3, 0.4) is 0 Å². The fourth-order valence-electron chi connectivity index (χ4n) is 7.03. The molecule has 1 unspecified atom stereocenters. The van der Waals surface area contributed by atoms with Crippen LogP contribution in [-0.4, -0.2) is 119 Å². The van der Waals surface area contributed by atoms with Gasteiger partial charge in [0.15, 0.2) is 6.10 Å². The minimum Gasteiger partial charge on any atom is -0.449 e. The Balaban J connectivity index is 2.62. The van der Waals surface area contributed by atoms with E-state index in [1.54, 1.807) is 13.8 Å². The summed E-state index contributed by atoms with van der Waals surface area (Å²) in [5, 5.41) is 22.5. The molecule has 15 nitrogen and oxygen atoms in total. The highest BCUT2D eigenvalue weighted by atomic mass is 16.5. The zero-order valence-electron chi connectivity index (χ0n) is 38.1. The van der Waals surface area contributed by atoms with Gasteiger partial charge in [-0.3, -0.25) is 28.8 Å². The number of carbonyl (C=O) groups excluding carboxylic acids is 7. The second-order valence-electron chi connectivity index (χ2n) is 17.2. The Hall–Kier alpha value is -4.79. The number of rotatable bonds is 8. The summed E-state index contributed by atoms with van der Waals surface area (Å²) >= 11 is 0. The van der Waals surface area contributed by atoms with Gasteiger partial charge >= 0.3 is 5.97 Å². The summed E-state index contributed by atoms with van der Waals surface area (Å²) in [4.78, 5) is 98.5. The van der Waals surface area contributed by atoms with Crippen molar-refractivity contribution in [1.82, 2.24) is 31.1 Å². The maximum Gasteiger partial charge on any atom is 0.334 e. The molecule has 0 aliphatic carbocycles. The third-order valence-electron chi connectivity index (χ3n) is 11.7. The average molecular weight is 841 g/mol. The highest BCUT2D eigenvalue weighted by Crippen LogP contribution is 2.23. The van der Waals surface area contributed by atoms with Gasteiger partial charge in [0.1, 0.15) is 24.2 Å². The molecule has 2 rings (SSSR count). The summed E-state index contributed by atoms with van der Waals surface area (Å²) in [7, 11) is 2.88. The molecule has 1 aliphatic rings. The molecule has 6 amide bonds. The standard InChI is InChI=1S/C45H72N6O9/c1-14-27(6)38-30(9)35(52)21-18-29(8)45(59)60-36(22-25(3)4)41(55)47-32(11)43(57)51(13)34(23-33-19-16-26(5)17-20-33)44(58)50(12)24-37(53)48-39(28(7)15-2)42(56)46-31(10)40(54)49-38/h16-20,25,27-28,30-32,34-36,38-39,52H,14-15,21-24H2,1-13H3,(H,46,56)(H,47,55)(H,48,53)(H,49,54)/b29-18+/t27-,28?,30-,31+,32-,34+,35-,36+,38+,39-/m0/s1. The lowest BCUT2D eigenvalue weighted by molar-refractivity contribution is -0.154. The number of amides is 6. The van der Waals surface area contributed by atoms with Crippen molar-refractivity contribution in [3.8, 4) is 0 Å². The van der Waals surface area contributed by atoms with Crippen LogP contribution < -0.4 is 21.3 Å². The third kappa shape index (κ3) is 15.0. The van der Waals surface area contributed by atoms with Gasteiger partial charge in [0, 0.05) is 38.0 Å². The van der Waals surface area contributed by atoms with Crippen LogP contribution in [0.1, 0.15) is 106 Å². The van der Waals surface area contributed by atoms with Crippen LogP contribution >= 0.6 is 0 Å². The summed E-state index contributed by atoms with van der Waals surface area (Å²) in [5.74, 6) is -5.25. The average Bonchev–Trinajstić information content (AvgIpc) is 3.20. The first-order chi connectivity index (χ1) is 28.0. The largest absolute Gasteiger partial charge is 0.449 e. The molecule has 0 saturated heterocycles. The Kier molecular flexibility index (Phi) is 20.4. The maximum atomic E-state index is 14.2. The van der Waals surface area contributed by atoms with E-state index in [9.17, 15) is 38.7 Å². The van der Waals surface area contributed by atoms with Crippen LogP contribution in [0.2, 0.25) is 0 Å². The lowest BCUT2D eigenvalue weighted by Crippen LogP contribution is -2.58. The number of aliphatic hydroxyl groups excluding tert-OH is 1. The Morgan fingerprint density at radius 1 is 0.767 bits per heavy atom. The number of benzene rings is 1. The lowest BCUT2D eigenvalue weighted by atomic mass is 9.84. The second-order valence-corrected chi connectivity index (χ2v) is 17.2. The predicted octanol–water partition coefficient (Wildman–Crippen LogP) is 3.20. The Bertz CT molecular complexity index is 1680. The van der Waals surface area contributed by atoms with Crippen LogP contribution in [0.25, 0.3) is 0 Å². The van der Waals surface area contributed by atoms with Gasteiger partial charge in [-0.25, -0.2) is 4.79 Å². The van der Waals surface area contributed by atoms with E-state index in [2.05, 4.69) is 21.3 Å². The fourth-order valence-corrected chi connectivity index (χ4v) is 7.03. The van der Waals surface area contributed by atoms with Crippen molar-refractivity contribution in [2.75, 3.05) is 20.6 Å². The summed E-state index contributed by atoms with van der Waals surface area (Å²) in [6.07, 6.45) is 0.793. The van der Waals surface area contributed by atoms with Crippen LogP contribution in [0.5, 0.6) is 0 Å². The van der Waals surface area contributed by atoms with E-state index in [0.29, 0.717) is 12.8 Å². The summed E-state index contributed by atoms with van der Waals surface area (Å²) in [6.45, 7) is 19.1. The SMILES string of the molecule is CCC(C)[C@@H]1NC(=O)CN(C)C(=O)[C@@H](Cc2ccc(C)cc2)N(C)C(=O)[C@H](C)NC(=O)[C@@H](CC(C)C)OC(=O)/C(C)=C/C[C@H](O)[C@H](C)[C@@H]([C@@H](C)CC)NC(=O)[C@@H](C)NC1=O. The monoisotopic (exact) mass is 841 g/mol. The molecule has 1 heterocycles. The second kappa shape index (κ2) is 23.9. The van der Waals surface area contributed by atoms with Gasteiger partial charge in [-0.15, -0.1) is 0 Å². The summed E-state index contributed by atoms with van der Waals surface area (Å²) in [5.41, 5.74) is 1.92. The van der Waals surface area contributed by atoms with Crippen molar-refractivity contribution in [2.24, 2.45) is 23.7 Å². The molecular weight excluding hydrogens is 769 g/mol. The summed E-state index contributed by atoms with van der Waals surface area (Å²) in [6, 6.07) is 2.67. The van der Waals surface area contributed by atoms with E-state index in [4.69, 9.17) is 4.74 Å². The predicted molar refractivity (Wildman–Crippen MR) is 230 cm³/mol. The van der Waals surface area contributed by atoms with Gasteiger partial charge in [-0.05, 0) is 63.9 Å². The molecule has 1 aromatic carbocycles. The Morgan fingerprint density at radius 2 is 1.35 bits per heavy atom. The lowest BCUT2D eigenvalue weighted by Gasteiger charge is -2.34. The number of likely N-dealkylation sites (N-methyl/N-ethyl adjacent to an activating group) is 2. The number of nitrogens with one attached hydrogen (secondary N) is 4. The smallest absolute Gasteiger partial charge is 0.334 e.